The third kappa shape index (κ3) is 4.59. The minimum absolute atomic E-state index is 0.0588. The third-order valence-corrected chi connectivity index (χ3v) is 4.47. The number of nitrogens with one attached hydrogen (secondary N) is 2. The molecule has 3 N–H and O–H groups in total. The first-order chi connectivity index (χ1) is 12.6. The summed E-state index contributed by atoms with van der Waals surface area (Å²) in [4.78, 5) is 29.1. The van der Waals surface area contributed by atoms with Crippen molar-refractivity contribution in [3.63, 3.8) is 0 Å². The molecule has 0 aliphatic carbocycles. The van der Waals surface area contributed by atoms with Crippen molar-refractivity contribution in [1.29, 1.82) is 0 Å². The second-order valence-corrected chi connectivity index (χ2v) is 6.42. The lowest BCUT2D eigenvalue weighted by Crippen LogP contribution is -2.45. The number of urea groups is 1. The highest BCUT2D eigenvalue weighted by atomic mass is 16.4. The van der Waals surface area contributed by atoms with Gasteiger partial charge in [0.1, 0.15) is 5.82 Å². The van der Waals surface area contributed by atoms with Crippen molar-refractivity contribution in [2.75, 3.05) is 19.6 Å². The topological polar surface area (TPSA) is 111 Å². The maximum atomic E-state index is 12.3. The average molecular weight is 357 g/mol. The minimum Gasteiger partial charge on any atom is -0.481 e. The number of aromatic amines is 1. The van der Waals surface area contributed by atoms with Gasteiger partial charge in [-0.05, 0) is 19.3 Å². The summed E-state index contributed by atoms with van der Waals surface area (Å²) in [7, 11) is 0. The maximum Gasteiger partial charge on any atom is 0.317 e. The zero-order chi connectivity index (χ0) is 18.4. The lowest BCUT2D eigenvalue weighted by molar-refractivity contribution is -0.137. The number of carboxylic acid groups (broad SMARTS) is 1. The van der Waals surface area contributed by atoms with Crippen LogP contribution in [0.4, 0.5) is 4.79 Å². The molecule has 8 heteroatoms. The first kappa shape index (κ1) is 17.9. The Morgan fingerprint density at radius 2 is 2.12 bits per heavy atom. The normalized spacial score (nSPS) is 17.1. The molecule has 0 saturated carbocycles. The van der Waals surface area contributed by atoms with E-state index in [1.165, 1.54) is 0 Å². The number of likely N-dealkylation sites (tertiary alicyclic amines) is 1. The van der Waals surface area contributed by atoms with Crippen LogP contribution in [0.1, 0.15) is 37.4 Å². The SMILES string of the molecule is O=C(O)CCCNC(=O)N1CCCC(c2nc(-c3ccccc3)n[nH]2)C1. The number of amides is 2. The monoisotopic (exact) mass is 357 g/mol. The van der Waals surface area contributed by atoms with Gasteiger partial charge >= 0.3 is 12.0 Å². The summed E-state index contributed by atoms with van der Waals surface area (Å²) < 4.78 is 0. The summed E-state index contributed by atoms with van der Waals surface area (Å²) in [6.45, 7) is 1.64. The molecule has 2 aromatic rings. The Morgan fingerprint density at radius 3 is 2.88 bits per heavy atom. The number of piperidine rings is 1. The zero-order valence-electron chi connectivity index (χ0n) is 14.5. The third-order valence-electron chi connectivity index (χ3n) is 4.47. The van der Waals surface area contributed by atoms with Crippen LogP contribution in [0.15, 0.2) is 30.3 Å². The number of carbonyl (C=O) groups is 2. The van der Waals surface area contributed by atoms with Gasteiger partial charge in [0.05, 0.1) is 0 Å². The lowest BCUT2D eigenvalue weighted by atomic mass is 9.97. The number of H-pyrrole nitrogens is 1. The predicted octanol–water partition coefficient (Wildman–Crippen LogP) is 2.23. The Hall–Kier alpha value is -2.90. The van der Waals surface area contributed by atoms with Gasteiger partial charge in [0.25, 0.3) is 0 Å². The van der Waals surface area contributed by atoms with Crippen molar-refractivity contribution in [3.05, 3.63) is 36.2 Å². The van der Waals surface area contributed by atoms with Crippen LogP contribution in [0, 0.1) is 0 Å². The van der Waals surface area contributed by atoms with Crippen LogP contribution in [0.25, 0.3) is 11.4 Å². The molecule has 0 bridgehead atoms. The van der Waals surface area contributed by atoms with Crippen molar-refractivity contribution in [3.8, 4) is 11.4 Å². The molecular weight excluding hydrogens is 334 g/mol. The molecule has 2 amide bonds. The number of benzene rings is 1. The van der Waals surface area contributed by atoms with E-state index in [0.29, 0.717) is 31.9 Å². The predicted molar refractivity (Wildman–Crippen MR) is 95.6 cm³/mol. The molecule has 1 aromatic heterocycles. The van der Waals surface area contributed by atoms with Gasteiger partial charge in [-0.1, -0.05) is 30.3 Å². The molecule has 8 nitrogen and oxygen atoms in total. The van der Waals surface area contributed by atoms with Gasteiger partial charge in [-0.3, -0.25) is 9.89 Å². The van der Waals surface area contributed by atoms with E-state index in [9.17, 15) is 9.59 Å². The molecule has 3 rings (SSSR count). The molecule has 1 aromatic carbocycles. The molecule has 1 unspecified atom stereocenters. The Bertz CT molecular complexity index is 746. The first-order valence-electron chi connectivity index (χ1n) is 8.86. The molecule has 1 saturated heterocycles. The van der Waals surface area contributed by atoms with E-state index in [0.717, 1.165) is 24.2 Å². The van der Waals surface area contributed by atoms with E-state index >= 15 is 0 Å². The molecule has 1 aliphatic rings. The molecule has 1 aliphatic heterocycles. The van der Waals surface area contributed by atoms with Crippen LogP contribution in [0.5, 0.6) is 0 Å². The van der Waals surface area contributed by atoms with Crippen LogP contribution in [0.3, 0.4) is 0 Å². The van der Waals surface area contributed by atoms with E-state index in [-0.39, 0.29) is 18.4 Å². The number of hydrogen-bond donors (Lipinski definition) is 3. The van der Waals surface area contributed by atoms with Gasteiger partial charge in [-0.15, -0.1) is 0 Å². The molecule has 26 heavy (non-hydrogen) atoms. The second kappa shape index (κ2) is 8.46. The number of nitrogens with zero attached hydrogens (tertiary/aromatic N) is 3. The van der Waals surface area contributed by atoms with Crippen molar-refractivity contribution < 1.29 is 14.7 Å². The Morgan fingerprint density at radius 1 is 1.31 bits per heavy atom. The molecule has 0 radical (unpaired) electrons. The fourth-order valence-electron chi connectivity index (χ4n) is 3.10. The minimum atomic E-state index is -0.850. The number of rotatable bonds is 6. The standard InChI is InChI=1S/C18H23N5O3/c24-15(25)9-4-10-19-18(26)23-11-5-8-14(12-23)17-20-16(21-22-17)13-6-2-1-3-7-13/h1-3,6-7,14H,4-5,8-12H2,(H,19,26)(H,24,25)(H,20,21,22). The Balaban J connectivity index is 1.56. The maximum absolute atomic E-state index is 12.3. The van der Waals surface area contributed by atoms with Crippen LogP contribution in [-0.4, -0.2) is 56.8 Å². The first-order valence-corrected chi connectivity index (χ1v) is 8.86. The van der Waals surface area contributed by atoms with E-state index in [4.69, 9.17) is 5.11 Å². The molecule has 0 spiro atoms. The van der Waals surface area contributed by atoms with Gasteiger partial charge in [-0.2, -0.15) is 5.10 Å². The van der Waals surface area contributed by atoms with E-state index < -0.39 is 5.97 Å². The smallest absolute Gasteiger partial charge is 0.317 e. The lowest BCUT2D eigenvalue weighted by Gasteiger charge is -2.31. The van der Waals surface area contributed by atoms with Gasteiger partial charge in [0.2, 0.25) is 0 Å². The van der Waals surface area contributed by atoms with Crippen LogP contribution < -0.4 is 5.32 Å². The van der Waals surface area contributed by atoms with Gasteiger partial charge in [0.15, 0.2) is 5.82 Å². The van der Waals surface area contributed by atoms with Crippen molar-refractivity contribution in [1.82, 2.24) is 25.4 Å². The summed E-state index contributed by atoms with van der Waals surface area (Å²) >= 11 is 0. The second-order valence-electron chi connectivity index (χ2n) is 6.42. The van der Waals surface area contributed by atoms with Crippen LogP contribution in [-0.2, 0) is 4.79 Å². The van der Waals surface area contributed by atoms with Gasteiger partial charge < -0.3 is 15.3 Å². The summed E-state index contributed by atoms with van der Waals surface area (Å²) in [5.74, 6) is 0.735. The van der Waals surface area contributed by atoms with Crippen LogP contribution >= 0.6 is 0 Å². The fourth-order valence-corrected chi connectivity index (χ4v) is 3.10. The highest BCUT2D eigenvalue weighted by Crippen LogP contribution is 2.26. The highest BCUT2D eigenvalue weighted by molar-refractivity contribution is 5.74. The number of carbonyl (C=O) groups excluding carboxylic acids is 1. The summed E-state index contributed by atoms with van der Waals surface area (Å²) in [5, 5.41) is 18.7. The van der Waals surface area contributed by atoms with Crippen LogP contribution in [0.2, 0.25) is 0 Å². The fraction of sp³-hybridized carbons (Fsp3) is 0.444. The Labute approximate surface area is 151 Å². The quantitative estimate of drug-likeness (QED) is 0.687. The number of aromatic nitrogens is 3. The Kier molecular flexibility index (Phi) is 5.83. The molecule has 1 fully saturated rings. The van der Waals surface area contributed by atoms with E-state index in [2.05, 4.69) is 20.5 Å². The van der Waals surface area contributed by atoms with Crippen molar-refractivity contribution >= 4 is 12.0 Å². The molecule has 138 valence electrons. The van der Waals surface area contributed by atoms with Crippen molar-refractivity contribution in [2.45, 2.75) is 31.6 Å². The van der Waals surface area contributed by atoms with Gasteiger partial charge in [-0.25, -0.2) is 9.78 Å². The summed E-state index contributed by atoms with van der Waals surface area (Å²) in [6, 6.07) is 9.62. The molecule has 1 atom stereocenters. The summed E-state index contributed by atoms with van der Waals surface area (Å²) in [6.07, 6.45) is 2.34. The number of carboxylic acids is 1. The van der Waals surface area contributed by atoms with Gasteiger partial charge in [0, 0.05) is 37.5 Å². The number of hydrogen-bond acceptors (Lipinski definition) is 4. The summed E-state index contributed by atoms with van der Waals surface area (Å²) in [5.41, 5.74) is 0.957. The molecule has 2 heterocycles. The van der Waals surface area contributed by atoms with E-state index in [1.54, 1.807) is 4.90 Å². The van der Waals surface area contributed by atoms with E-state index in [1.807, 2.05) is 30.3 Å². The average Bonchev–Trinajstić information content (AvgIpc) is 3.16. The van der Waals surface area contributed by atoms with Crippen molar-refractivity contribution in [2.24, 2.45) is 0 Å². The zero-order valence-corrected chi connectivity index (χ0v) is 14.5. The number of aliphatic carboxylic acids is 1. The highest BCUT2D eigenvalue weighted by Gasteiger charge is 2.27. The molecular formula is C18H23N5O3. The largest absolute Gasteiger partial charge is 0.481 e.